The van der Waals surface area contributed by atoms with Gasteiger partial charge in [-0.05, 0) is 51.3 Å². The minimum atomic E-state index is -0.127. The van der Waals surface area contributed by atoms with Gasteiger partial charge in [-0.25, -0.2) is 4.79 Å². The van der Waals surface area contributed by atoms with Gasteiger partial charge in [0.15, 0.2) is 0 Å². The Hall–Kier alpha value is -2.96. The van der Waals surface area contributed by atoms with E-state index >= 15 is 0 Å². The molecule has 0 unspecified atom stereocenters. The Labute approximate surface area is 151 Å². The van der Waals surface area contributed by atoms with Crippen LogP contribution in [0.5, 0.6) is 0 Å². The van der Waals surface area contributed by atoms with Crippen LogP contribution in [0, 0.1) is 13.8 Å². The molecule has 3 aromatic rings. The highest BCUT2D eigenvalue weighted by molar-refractivity contribution is 6.00. The summed E-state index contributed by atoms with van der Waals surface area (Å²) in [6.45, 7) is 4.45. The molecule has 1 aliphatic heterocycles. The third-order valence-corrected chi connectivity index (χ3v) is 4.74. The lowest BCUT2D eigenvalue weighted by Crippen LogP contribution is -2.41. The minimum absolute atomic E-state index is 0.0577. The van der Waals surface area contributed by atoms with Gasteiger partial charge in [0, 0.05) is 18.0 Å². The number of anilines is 1. The van der Waals surface area contributed by atoms with Gasteiger partial charge in [0.2, 0.25) is 0 Å². The quantitative estimate of drug-likeness (QED) is 0.754. The van der Waals surface area contributed by atoms with Crippen LogP contribution in [0.15, 0.2) is 34.9 Å². The summed E-state index contributed by atoms with van der Waals surface area (Å²) in [6.07, 6.45) is 2.95. The molecular weight excluding hydrogens is 330 g/mol. The molecule has 1 aliphatic rings. The van der Waals surface area contributed by atoms with Gasteiger partial charge in [-0.2, -0.15) is 10.2 Å². The standard InChI is InChI=1S/C19H21N5O2/c1-12-10-14-15(6-5-7-16(14)22-21-12)20-19(25)24-9-4-3-8-18(24)17-11-13(2)26-23-17/h5-7,10-11,18H,3-4,8-9H2,1-2H3,(H,20,25)/t18-/m1/s1. The number of urea groups is 1. The van der Waals surface area contributed by atoms with E-state index < -0.39 is 0 Å². The van der Waals surface area contributed by atoms with Crippen LogP contribution < -0.4 is 5.32 Å². The molecule has 7 heteroatoms. The van der Waals surface area contributed by atoms with Crippen molar-refractivity contribution in [1.82, 2.24) is 20.3 Å². The number of likely N-dealkylation sites (tertiary alicyclic amines) is 1. The van der Waals surface area contributed by atoms with Gasteiger partial charge in [-0.1, -0.05) is 11.2 Å². The van der Waals surface area contributed by atoms with Crippen LogP contribution in [0.25, 0.3) is 10.9 Å². The minimum Gasteiger partial charge on any atom is -0.361 e. The molecule has 0 aliphatic carbocycles. The molecule has 1 N–H and O–H groups in total. The van der Waals surface area contributed by atoms with E-state index in [9.17, 15) is 4.79 Å². The second-order valence-electron chi connectivity index (χ2n) is 6.72. The first kappa shape index (κ1) is 16.5. The number of nitrogens with one attached hydrogen (secondary N) is 1. The molecule has 4 rings (SSSR count). The van der Waals surface area contributed by atoms with Crippen LogP contribution in [-0.2, 0) is 0 Å². The zero-order chi connectivity index (χ0) is 18.1. The van der Waals surface area contributed by atoms with Gasteiger partial charge in [-0.3, -0.25) is 0 Å². The Morgan fingerprint density at radius 1 is 1.23 bits per heavy atom. The van der Waals surface area contributed by atoms with Gasteiger partial charge >= 0.3 is 6.03 Å². The number of piperidine rings is 1. The molecule has 26 heavy (non-hydrogen) atoms. The zero-order valence-electron chi connectivity index (χ0n) is 14.9. The van der Waals surface area contributed by atoms with Crippen molar-refractivity contribution in [2.75, 3.05) is 11.9 Å². The number of amides is 2. The van der Waals surface area contributed by atoms with E-state index in [1.165, 1.54) is 0 Å². The highest BCUT2D eigenvalue weighted by Gasteiger charge is 2.30. The highest BCUT2D eigenvalue weighted by atomic mass is 16.5. The average molecular weight is 351 g/mol. The Bertz CT molecular complexity index is 952. The molecule has 0 bridgehead atoms. The van der Waals surface area contributed by atoms with Crippen molar-refractivity contribution in [1.29, 1.82) is 0 Å². The molecule has 0 radical (unpaired) electrons. The SMILES string of the molecule is Cc1cc2c(NC(=O)N3CCCC[C@@H]3c3cc(C)on3)cccc2nn1. The Kier molecular flexibility index (Phi) is 4.28. The molecule has 2 amide bonds. The summed E-state index contributed by atoms with van der Waals surface area (Å²) in [6, 6.07) is 9.31. The normalized spacial score (nSPS) is 17.5. The fourth-order valence-corrected chi connectivity index (χ4v) is 3.48. The van der Waals surface area contributed by atoms with E-state index in [0.717, 1.165) is 53.0 Å². The Balaban J connectivity index is 1.62. The molecule has 0 saturated carbocycles. The van der Waals surface area contributed by atoms with E-state index in [0.29, 0.717) is 6.54 Å². The molecule has 1 aromatic carbocycles. The largest absolute Gasteiger partial charge is 0.361 e. The average Bonchev–Trinajstić information content (AvgIpc) is 3.08. The maximum absolute atomic E-state index is 13.0. The van der Waals surface area contributed by atoms with Crippen LogP contribution in [0.3, 0.4) is 0 Å². The maximum Gasteiger partial charge on any atom is 0.322 e. The van der Waals surface area contributed by atoms with E-state index in [2.05, 4.69) is 20.7 Å². The number of carbonyl (C=O) groups excluding carboxylic acids is 1. The fourth-order valence-electron chi connectivity index (χ4n) is 3.48. The van der Waals surface area contributed by atoms with E-state index in [1.54, 1.807) is 0 Å². The molecule has 3 heterocycles. The Morgan fingerprint density at radius 2 is 2.12 bits per heavy atom. The zero-order valence-corrected chi connectivity index (χ0v) is 14.9. The summed E-state index contributed by atoms with van der Waals surface area (Å²) in [5, 5.41) is 16.3. The van der Waals surface area contributed by atoms with Crippen molar-refractivity contribution >= 4 is 22.6 Å². The van der Waals surface area contributed by atoms with Crippen LogP contribution >= 0.6 is 0 Å². The van der Waals surface area contributed by atoms with Crippen molar-refractivity contribution in [2.24, 2.45) is 0 Å². The number of carbonyl (C=O) groups is 1. The van der Waals surface area contributed by atoms with Crippen LogP contribution in [0.4, 0.5) is 10.5 Å². The van der Waals surface area contributed by atoms with E-state index in [4.69, 9.17) is 4.52 Å². The van der Waals surface area contributed by atoms with Gasteiger partial charge in [0.25, 0.3) is 0 Å². The summed E-state index contributed by atoms with van der Waals surface area (Å²) in [4.78, 5) is 14.9. The molecule has 134 valence electrons. The topological polar surface area (TPSA) is 84.2 Å². The second kappa shape index (κ2) is 6.74. The van der Waals surface area contributed by atoms with E-state index in [1.807, 2.05) is 49.1 Å². The molecule has 1 atom stereocenters. The lowest BCUT2D eigenvalue weighted by atomic mass is 9.99. The van der Waals surface area contributed by atoms with Crippen LogP contribution in [0.1, 0.15) is 42.5 Å². The molecular formula is C19H21N5O2. The second-order valence-corrected chi connectivity index (χ2v) is 6.72. The predicted molar refractivity (Wildman–Crippen MR) is 97.8 cm³/mol. The maximum atomic E-state index is 13.0. The fraction of sp³-hybridized carbons (Fsp3) is 0.368. The number of benzene rings is 1. The number of hydrogen-bond acceptors (Lipinski definition) is 5. The number of nitrogens with zero attached hydrogens (tertiary/aromatic N) is 4. The monoisotopic (exact) mass is 351 g/mol. The summed E-state index contributed by atoms with van der Waals surface area (Å²) < 4.78 is 5.21. The van der Waals surface area contributed by atoms with Crippen LogP contribution in [-0.4, -0.2) is 32.8 Å². The Morgan fingerprint density at radius 3 is 2.92 bits per heavy atom. The van der Waals surface area contributed by atoms with Gasteiger partial charge in [-0.15, -0.1) is 0 Å². The highest BCUT2D eigenvalue weighted by Crippen LogP contribution is 2.31. The third-order valence-electron chi connectivity index (χ3n) is 4.74. The first-order chi connectivity index (χ1) is 12.6. The lowest BCUT2D eigenvalue weighted by molar-refractivity contribution is 0.159. The number of fused-ring (bicyclic) bond motifs is 1. The molecule has 1 saturated heterocycles. The number of aryl methyl sites for hydroxylation is 2. The van der Waals surface area contributed by atoms with Crippen molar-refractivity contribution < 1.29 is 9.32 Å². The van der Waals surface area contributed by atoms with Gasteiger partial charge in [0.05, 0.1) is 22.9 Å². The smallest absolute Gasteiger partial charge is 0.322 e. The summed E-state index contributed by atoms with van der Waals surface area (Å²) in [7, 11) is 0. The van der Waals surface area contributed by atoms with Crippen LogP contribution in [0.2, 0.25) is 0 Å². The van der Waals surface area contributed by atoms with Crippen molar-refractivity contribution in [3.63, 3.8) is 0 Å². The first-order valence-corrected chi connectivity index (χ1v) is 8.86. The van der Waals surface area contributed by atoms with Crippen molar-refractivity contribution in [3.05, 3.63) is 47.5 Å². The van der Waals surface area contributed by atoms with Gasteiger partial charge < -0.3 is 14.7 Å². The summed E-state index contributed by atoms with van der Waals surface area (Å²) in [5.41, 5.74) is 3.13. The third kappa shape index (κ3) is 3.12. The summed E-state index contributed by atoms with van der Waals surface area (Å²) >= 11 is 0. The summed E-state index contributed by atoms with van der Waals surface area (Å²) in [5.74, 6) is 0.758. The number of hydrogen-bond donors (Lipinski definition) is 1. The first-order valence-electron chi connectivity index (χ1n) is 8.86. The predicted octanol–water partition coefficient (Wildman–Crippen LogP) is 3.99. The lowest BCUT2D eigenvalue weighted by Gasteiger charge is -2.34. The van der Waals surface area contributed by atoms with Crippen molar-refractivity contribution in [3.8, 4) is 0 Å². The van der Waals surface area contributed by atoms with Gasteiger partial charge in [0.1, 0.15) is 11.5 Å². The molecule has 0 spiro atoms. The van der Waals surface area contributed by atoms with Crippen molar-refractivity contribution in [2.45, 2.75) is 39.2 Å². The molecule has 7 nitrogen and oxygen atoms in total. The number of rotatable bonds is 2. The van der Waals surface area contributed by atoms with E-state index in [-0.39, 0.29) is 12.1 Å². The number of aromatic nitrogens is 3. The molecule has 1 fully saturated rings. The molecule has 2 aromatic heterocycles.